The molecule has 0 N–H and O–H groups in total. The maximum Gasteiger partial charge on any atom is 0.344 e. The largest absolute Gasteiger partial charge is 0.463 e. The predicted octanol–water partition coefficient (Wildman–Crippen LogP) is 3.32. The number of ether oxygens (including phenoxy) is 2. The fourth-order valence-electron chi connectivity index (χ4n) is 2.43. The Morgan fingerprint density at radius 1 is 1.23 bits per heavy atom. The SMILES string of the molecule is CCOC(=O)COC(=O)/C=C/c1c(C)nn(Cc2ccccc2Cl)c1C. The monoisotopic (exact) mass is 376 g/mol. The van der Waals surface area contributed by atoms with E-state index in [1.54, 1.807) is 13.0 Å². The first-order valence-electron chi connectivity index (χ1n) is 8.20. The van der Waals surface area contributed by atoms with Crippen LogP contribution in [0.15, 0.2) is 30.3 Å². The molecule has 0 atom stereocenters. The van der Waals surface area contributed by atoms with Crippen LogP contribution in [0, 0.1) is 13.8 Å². The molecule has 26 heavy (non-hydrogen) atoms. The summed E-state index contributed by atoms with van der Waals surface area (Å²) >= 11 is 6.20. The zero-order valence-electron chi connectivity index (χ0n) is 15.0. The van der Waals surface area contributed by atoms with Crippen molar-refractivity contribution in [3.05, 3.63) is 57.9 Å². The van der Waals surface area contributed by atoms with E-state index in [-0.39, 0.29) is 6.61 Å². The minimum atomic E-state index is -0.615. The van der Waals surface area contributed by atoms with Crippen molar-refractivity contribution in [3.63, 3.8) is 0 Å². The summed E-state index contributed by atoms with van der Waals surface area (Å²) in [6.45, 7) is 5.84. The Labute approximate surface area is 157 Å². The van der Waals surface area contributed by atoms with Crippen LogP contribution in [0.4, 0.5) is 0 Å². The standard InChI is InChI=1S/C19H21ClN2O4/c1-4-25-19(24)12-26-18(23)10-9-16-13(2)21-22(14(16)3)11-15-7-5-6-8-17(15)20/h5-10H,4,11-12H2,1-3H3/b10-9+. The number of benzene rings is 1. The van der Waals surface area contributed by atoms with Gasteiger partial charge >= 0.3 is 11.9 Å². The van der Waals surface area contributed by atoms with Crippen LogP contribution >= 0.6 is 11.6 Å². The maximum absolute atomic E-state index is 11.7. The molecule has 0 fully saturated rings. The third-order valence-corrected chi connectivity index (χ3v) is 4.11. The first kappa shape index (κ1) is 19.7. The summed E-state index contributed by atoms with van der Waals surface area (Å²) in [4.78, 5) is 22.9. The molecule has 0 spiro atoms. The van der Waals surface area contributed by atoms with Crippen LogP contribution < -0.4 is 0 Å². The summed E-state index contributed by atoms with van der Waals surface area (Å²) in [5, 5.41) is 5.18. The fraction of sp³-hybridized carbons (Fsp3) is 0.316. The van der Waals surface area contributed by atoms with E-state index in [4.69, 9.17) is 21.1 Å². The van der Waals surface area contributed by atoms with Crippen LogP contribution in [0.5, 0.6) is 0 Å². The summed E-state index contributed by atoms with van der Waals surface area (Å²) in [5.41, 5.74) is 3.47. The third kappa shape index (κ3) is 5.20. The van der Waals surface area contributed by atoms with Gasteiger partial charge in [0.1, 0.15) is 0 Å². The number of esters is 2. The Kier molecular flexibility index (Phi) is 6.97. The van der Waals surface area contributed by atoms with Crippen molar-refractivity contribution in [2.45, 2.75) is 27.3 Å². The highest BCUT2D eigenvalue weighted by molar-refractivity contribution is 6.31. The van der Waals surface area contributed by atoms with Gasteiger partial charge in [-0.05, 0) is 38.5 Å². The van der Waals surface area contributed by atoms with Gasteiger partial charge in [0, 0.05) is 22.4 Å². The lowest BCUT2D eigenvalue weighted by Gasteiger charge is -2.06. The summed E-state index contributed by atoms with van der Waals surface area (Å²) in [7, 11) is 0. The van der Waals surface area contributed by atoms with Crippen molar-refractivity contribution in [3.8, 4) is 0 Å². The lowest BCUT2D eigenvalue weighted by molar-refractivity contribution is -0.155. The highest BCUT2D eigenvalue weighted by Gasteiger charge is 2.12. The molecule has 138 valence electrons. The van der Waals surface area contributed by atoms with E-state index in [0.29, 0.717) is 11.6 Å². The van der Waals surface area contributed by atoms with Crippen LogP contribution in [0.2, 0.25) is 5.02 Å². The minimum absolute atomic E-state index is 0.245. The molecular weight excluding hydrogens is 356 g/mol. The average molecular weight is 377 g/mol. The number of aryl methyl sites for hydroxylation is 1. The molecule has 7 heteroatoms. The molecule has 0 bridgehead atoms. The van der Waals surface area contributed by atoms with E-state index in [1.165, 1.54) is 6.08 Å². The molecule has 0 aliphatic heterocycles. The fourth-order valence-corrected chi connectivity index (χ4v) is 2.62. The molecule has 1 aromatic heterocycles. The van der Waals surface area contributed by atoms with Crippen molar-refractivity contribution in [2.75, 3.05) is 13.2 Å². The number of carbonyl (C=O) groups is 2. The maximum atomic E-state index is 11.7. The molecule has 0 aliphatic rings. The van der Waals surface area contributed by atoms with Crippen LogP contribution in [0.25, 0.3) is 6.08 Å². The van der Waals surface area contributed by atoms with Crippen LogP contribution in [0.3, 0.4) is 0 Å². The van der Waals surface area contributed by atoms with E-state index in [0.717, 1.165) is 22.5 Å². The van der Waals surface area contributed by atoms with Gasteiger partial charge in [0.2, 0.25) is 0 Å². The molecule has 6 nitrogen and oxygen atoms in total. The molecule has 0 saturated heterocycles. The van der Waals surface area contributed by atoms with Gasteiger partial charge in [0.15, 0.2) is 6.61 Å². The van der Waals surface area contributed by atoms with Crippen molar-refractivity contribution in [1.29, 1.82) is 0 Å². The summed E-state index contributed by atoms with van der Waals surface area (Å²) in [6.07, 6.45) is 2.91. The van der Waals surface area contributed by atoms with Gasteiger partial charge in [-0.3, -0.25) is 4.68 Å². The average Bonchev–Trinajstić information content (AvgIpc) is 2.87. The van der Waals surface area contributed by atoms with E-state index in [2.05, 4.69) is 5.10 Å². The number of nitrogens with zero attached hydrogens (tertiary/aromatic N) is 2. The lowest BCUT2D eigenvalue weighted by Crippen LogP contribution is -2.15. The van der Waals surface area contributed by atoms with E-state index in [9.17, 15) is 9.59 Å². The highest BCUT2D eigenvalue weighted by atomic mass is 35.5. The molecule has 1 aromatic carbocycles. The molecule has 0 unspecified atom stereocenters. The Hall–Kier alpha value is -2.60. The molecule has 0 radical (unpaired) electrons. The van der Waals surface area contributed by atoms with Crippen molar-refractivity contribution < 1.29 is 19.1 Å². The second-order valence-corrected chi connectivity index (χ2v) is 5.99. The highest BCUT2D eigenvalue weighted by Crippen LogP contribution is 2.20. The summed E-state index contributed by atoms with van der Waals surface area (Å²) < 4.78 is 11.4. The number of halogens is 1. The van der Waals surface area contributed by atoms with Gasteiger partial charge in [-0.2, -0.15) is 5.10 Å². The number of rotatable bonds is 7. The van der Waals surface area contributed by atoms with Crippen LogP contribution in [-0.2, 0) is 25.6 Å². The van der Waals surface area contributed by atoms with Crippen molar-refractivity contribution >= 4 is 29.6 Å². The van der Waals surface area contributed by atoms with Gasteiger partial charge in [-0.15, -0.1) is 0 Å². The number of aromatic nitrogens is 2. The van der Waals surface area contributed by atoms with Gasteiger partial charge in [0.05, 0.1) is 18.8 Å². The molecule has 2 rings (SSSR count). The Morgan fingerprint density at radius 3 is 2.65 bits per heavy atom. The smallest absolute Gasteiger partial charge is 0.344 e. The van der Waals surface area contributed by atoms with Gasteiger partial charge in [-0.25, -0.2) is 9.59 Å². The normalized spacial score (nSPS) is 10.9. The van der Waals surface area contributed by atoms with Crippen molar-refractivity contribution in [1.82, 2.24) is 9.78 Å². The van der Waals surface area contributed by atoms with Gasteiger partial charge in [-0.1, -0.05) is 29.8 Å². The Balaban J connectivity index is 2.06. The zero-order chi connectivity index (χ0) is 19.1. The minimum Gasteiger partial charge on any atom is -0.463 e. The Bertz CT molecular complexity index is 827. The molecule has 0 aliphatic carbocycles. The molecule has 0 saturated carbocycles. The summed E-state index contributed by atoms with van der Waals surface area (Å²) in [6, 6.07) is 7.58. The second-order valence-electron chi connectivity index (χ2n) is 5.58. The van der Waals surface area contributed by atoms with Gasteiger partial charge in [0.25, 0.3) is 0 Å². The first-order chi connectivity index (χ1) is 12.4. The molecule has 1 heterocycles. The number of hydrogen-bond donors (Lipinski definition) is 0. The zero-order valence-corrected chi connectivity index (χ0v) is 15.7. The third-order valence-electron chi connectivity index (χ3n) is 3.74. The topological polar surface area (TPSA) is 70.4 Å². The van der Waals surface area contributed by atoms with Crippen molar-refractivity contribution in [2.24, 2.45) is 0 Å². The van der Waals surface area contributed by atoms with E-state index in [1.807, 2.05) is 42.8 Å². The first-order valence-corrected chi connectivity index (χ1v) is 8.58. The van der Waals surface area contributed by atoms with Crippen LogP contribution in [-0.4, -0.2) is 34.9 Å². The molecule has 2 aromatic rings. The Morgan fingerprint density at radius 2 is 1.96 bits per heavy atom. The second kappa shape index (κ2) is 9.20. The number of hydrogen-bond acceptors (Lipinski definition) is 5. The van der Waals surface area contributed by atoms with Crippen LogP contribution in [0.1, 0.15) is 29.4 Å². The van der Waals surface area contributed by atoms with E-state index >= 15 is 0 Å². The van der Waals surface area contributed by atoms with Gasteiger partial charge < -0.3 is 9.47 Å². The molecular formula is C19H21ClN2O4. The molecule has 0 amide bonds. The lowest BCUT2D eigenvalue weighted by atomic mass is 10.1. The number of carbonyl (C=O) groups excluding carboxylic acids is 2. The quantitative estimate of drug-likeness (QED) is 0.547. The van der Waals surface area contributed by atoms with E-state index < -0.39 is 18.5 Å². The summed E-state index contributed by atoms with van der Waals surface area (Å²) in [5.74, 6) is -1.19. The predicted molar refractivity (Wildman–Crippen MR) is 98.9 cm³/mol.